The average molecular weight is 557 g/mol. The van der Waals surface area contributed by atoms with Gasteiger partial charge in [0.15, 0.2) is 5.78 Å². The van der Waals surface area contributed by atoms with E-state index in [4.69, 9.17) is 0 Å². The van der Waals surface area contributed by atoms with Gasteiger partial charge < -0.3 is 10.2 Å². The van der Waals surface area contributed by atoms with Crippen molar-refractivity contribution >= 4 is 29.3 Å². The van der Waals surface area contributed by atoms with Gasteiger partial charge in [-0.15, -0.1) is 0 Å². The lowest BCUT2D eigenvalue weighted by Gasteiger charge is -2.32. The van der Waals surface area contributed by atoms with E-state index in [0.717, 1.165) is 11.1 Å². The molecule has 3 rings (SSSR count). The average Bonchev–Trinajstić information content (AvgIpc) is 2.94. The molecular weight excluding hydrogens is 508 g/mol. The van der Waals surface area contributed by atoms with E-state index in [1.165, 1.54) is 19.6 Å². The van der Waals surface area contributed by atoms with Crippen LogP contribution in [0, 0.1) is 33.5 Å². The smallest absolute Gasteiger partial charge is 0.171 e. The second-order valence-corrected chi connectivity index (χ2v) is 17.2. The predicted octanol–water partition coefficient (Wildman–Crippen LogP) is 8.59. The van der Waals surface area contributed by atoms with Crippen LogP contribution in [-0.2, 0) is 4.79 Å². The van der Waals surface area contributed by atoms with Gasteiger partial charge in [-0.2, -0.15) is 0 Å². The van der Waals surface area contributed by atoms with Crippen LogP contribution in [0.3, 0.4) is 0 Å². The van der Waals surface area contributed by atoms with Crippen LogP contribution in [0.1, 0.15) is 83.1 Å². The zero-order valence-corrected chi connectivity index (χ0v) is 27.0. The van der Waals surface area contributed by atoms with Gasteiger partial charge in [0.25, 0.3) is 0 Å². The van der Waals surface area contributed by atoms with Gasteiger partial charge in [-0.3, -0.25) is 4.79 Å². The largest absolute Gasteiger partial charge is 0.391 e. The molecule has 3 nitrogen and oxygen atoms in total. The number of aliphatic hydroxyl groups excluding tert-OH is 2. The second-order valence-electron chi connectivity index (χ2n) is 15.0. The van der Waals surface area contributed by atoms with Gasteiger partial charge in [-0.1, -0.05) is 119 Å². The van der Waals surface area contributed by atoms with E-state index >= 15 is 0 Å². The molecule has 2 aliphatic heterocycles. The van der Waals surface area contributed by atoms with Gasteiger partial charge >= 0.3 is 0 Å². The summed E-state index contributed by atoms with van der Waals surface area (Å²) in [5, 5.41) is 22.4. The standard InChI is InChI=1S/C33H48O3S2/c1-30(2,3)23-15-19(16-24(37-23)31(4,5)6)13-21-27(34)22(29(36)28(21)35)14-20-17-25(32(7,8)9)38-26(18-20)33(10,11)12/h13-18,21-22,27-28,34-35H,1-12H3. The Labute approximate surface area is 239 Å². The van der Waals surface area contributed by atoms with Crippen molar-refractivity contribution in [2.45, 2.75) is 95.3 Å². The van der Waals surface area contributed by atoms with E-state index < -0.39 is 24.0 Å². The number of carbonyl (C=O) groups excluding carboxylic acids is 1. The summed E-state index contributed by atoms with van der Waals surface area (Å²) < 4.78 is 0. The van der Waals surface area contributed by atoms with Crippen LogP contribution >= 0.6 is 23.5 Å². The Morgan fingerprint density at radius 3 is 1.24 bits per heavy atom. The maximum Gasteiger partial charge on any atom is 0.171 e. The number of carbonyl (C=O) groups is 1. The zero-order chi connectivity index (χ0) is 29.0. The summed E-state index contributed by atoms with van der Waals surface area (Å²) in [5.74, 6) is -1.73. The first-order valence-corrected chi connectivity index (χ1v) is 15.3. The molecule has 1 saturated carbocycles. The fourth-order valence-corrected chi connectivity index (χ4v) is 6.97. The minimum atomic E-state index is -1.23. The van der Waals surface area contributed by atoms with Crippen molar-refractivity contribution in [3.8, 4) is 0 Å². The number of Topliss-reactive ketones (excluding diaryl/α,β-unsaturated/α-hetero) is 1. The van der Waals surface area contributed by atoms with Crippen LogP contribution in [0.25, 0.3) is 0 Å². The number of thioether (sulfide) groups is 2. The molecule has 0 spiro atoms. The summed E-state index contributed by atoms with van der Waals surface area (Å²) >= 11 is 3.60. The lowest BCUT2D eigenvalue weighted by molar-refractivity contribution is -0.127. The molecule has 0 saturated heterocycles. The van der Waals surface area contributed by atoms with Crippen molar-refractivity contribution in [1.82, 2.24) is 0 Å². The first-order valence-electron chi connectivity index (χ1n) is 13.7. The molecule has 4 atom stereocenters. The maximum absolute atomic E-state index is 13.3. The zero-order valence-electron chi connectivity index (χ0n) is 25.4. The number of aliphatic hydroxyl groups is 2. The van der Waals surface area contributed by atoms with Crippen molar-refractivity contribution < 1.29 is 15.0 Å². The highest BCUT2D eigenvalue weighted by Gasteiger charge is 2.47. The Morgan fingerprint density at radius 2 is 0.921 bits per heavy atom. The number of ketones is 1. The Hall–Kier alpha value is -1.27. The third-order valence-electron chi connectivity index (χ3n) is 7.09. The van der Waals surface area contributed by atoms with E-state index in [-0.39, 0.29) is 27.4 Å². The number of hydrogen-bond acceptors (Lipinski definition) is 5. The highest BCUT2D eigenvalue weighted by atomic mass is 32.2. The summed E-state index contributed by atoms with van der Waals surface area (Å²) in [5.41, 5.74) is 1.74. The SMILES string of the molecule is CC(C)(C)C1=CC(=CC2C(=O)C(O)C(C=C3C=C(C(C)(C)C)SC(C(C)(C)C)=C3)C2O)C=C(C(C)(C)C)S1. The molecule has 0 aromatic heterocycles. The topological polar surface area (TPSA) is 57.5 Å². The van der Waals surface area contributed by atoms with E-state index in [2.05, 4.69) is 107 Å². The van der Waals surface area contributed by atoms with Gasteiger partial charge in [-0.25, -0.2) is 0 Å². The highest BCUT2D eigenvalue weighted by molar-refractivity contribution is 8.07. The second kappa shape index (κ2) is 10.6. The number of allylic oxidation sites excluding steroid dienone is 10. The van der Waals surface area contributed by atoms with Crippen molar-refractivity contribution in [3.05, 3.63) is 67.2 Å². The van der Waals surface area contributed by atoms with E-state index in [9.17, 15) is 15.0 Å². The molecule has 0 radical (unpaired) electrons. The summed E-state index contributed by atoms with van der Waals surface area (Å²) in [7, 11) is 0. The Morgan fingerprint density at radius 1 is 0.605 bits per heavy atom. The highest BCUT2D eigenvalue weighted by Crippen LogP contribution is 2.50. The van der Waals surface area contributed by atoms with Crippen molar-refractivity contribution in [2.75, 3.05) is 0 Å². The lowest BCUT2D eigenvalue weighted by atomic mass is 9.89. The third kappa shape index (κ3) is 7.08. The molecule has 0 aromatic carbocycles. The molecule has 1 fully saturated rings. The first kappa shape index (κ1) is 31.3. The molecule has 38 heavy (non-hydrogen) atoms. The van der Waals surface area contributed by atoms with Crippen molar-refractivity contribution in [3.63, 3.8) is 0 Å². The van der Waals surface area contributed by atoms with Crippen LogP contribution in [0.15, 0.2) is 67.2 Å². The number of rotatable bonds is 2. The molecule has 0 bridgehead atoms. The van der Waals surface area contributed by atoms with Crippen LogP contribution in [0.2, 0.25) is 0 Å². The van der Waals surface area contributed by atoms with Gasteiger partial charge in [-0.05, 0) is 76.7 Å². The van der Waals surface area contributed by atoms with Crippen molar-refractivity contribution in [2.24, 2.45) is 33.5 Å². The fourth-order valence-electron chi connectivity index (χ4n) is 4.50. The molecule has 5 heteroatoms. The molecule has 3 aliphatic rings. The molecule has 4 unspecified atom stereocenters. The molecule has 0 amide bonds. The Kier molecular flexibility index (Phi) is 8.73. The molecule has 0 aromatic rings. The number of hydrogen-bond donors (Lipinski definition) is 2. The summed E-state index contributed by atoms with van der Waals surface area (Å²) in [4.78, 5) is 18.2. The maximum atomic E-state index is 13.3. The quantitative estimate of drug-likeness (QED) is 0.357. The minimum Gasteiger partial charge on any atom is -0.391 e. The lowest BCUT2D eigenvalue weighted by Crippen LogP contribution is -2.24. The fraction of sp³-hybridized carbons (Fsp3) is 0.606. The molecule has 2 N–H and O–H groups in total. The van der Waals surface area contributed by atoms with E-state index in [0.29, 0.717) is 0 Å². The molecular formula is C33H48O3S2. The predicted molar refractivity (Wildman–Crippen MR) is 166 cm³/mol. The van der Waals surface area contributed by atoms with Crippen LogP contribution < -0.4 is 0 Å². The van der Waals surface area contributed by atoms with Crippen LogP contribution in [0.4, 0.5) is 0 Å². The van der Waals surface area contributed by atoms with Crippen LogP contribution in [-0.4, -0.2) is 28.2 Å². The normalized spacial score (nSPS) is 27.6. The molecule has 2 heterocycles. The van der Waals surface area contributed by atoms with Gasteiger partial charge in [0.2, 0.25) is 0 Å². The Bertz CT molecular complexity index is 1080. The summed E-state index contributed by atoms with van der Waals surface area (Å²) in [6.45, 7) is 26.3. The van der Waals surface area contributed by atoms with Crippen molar-refractivity contribution in [1.29, 1.82) is 0 Å². The monoisotopic (exact) mass is 556 g/mol. The molecule has 210 valence electrons. The Balaban J connectivity index is 2.03. The third-order valence-corrected chi connectivity index (χ3v) is 10.9. The summed E-state index contributed by atoms with van der Waals surface area (Å²) in [6, 6.07) is 0. The van der Waals surface area contributed by atoms with Crippen LogP contribution in [0.5, 0.6) is 0 Å². The van der Waals surface area contributed by atoms with E-state index in [1.54, 1.807) is 23.5 Å². The molecule has 1 aliphatic carbocycles. The minimum absolute atomic E-state index is 0.0304. The van der Waals surface area contributed by atoms with Gasteiger partial charge in [0.1, 0.15) is 6.10 Å². The first-order chi connectivity index (χ1) is 17.1. The van der Waals surface area contributed by atoms with E-state index in [1.807, 2.05) is 12.2 Å². The summed E-state index contributed by atoms with van der Waals surface area (Å²) in [6.07, 6.45) is 10.1. The van der Waals surface area contributed by atoms with Gasteiger partial charge in [0, 0.05) is 5.92 Å². The van der Waals surface area contributed by atoms with Gasteiger partial charge in [0.05, 0.1) is 12.0 Å².